The lowest BCUT2D eigenvalue weighted by atomic mass is 9.93. The van der Waals surface area contributed by atoms with Crippen LogP contribution in [0.5, 0.6) is 5.75 Å². The molecule has 6 rings (SSSR count). The molecule has 0 spiro atoms. The second kappa shape index (κ2) is 12.6. The molecule has 1 fully saturated rings. The number of imidazole rings is 1. The molecule has 0 unspecified atom stereocenters. The molecular formula is C34H33F2N5O4. The number of aromatic nitrogens is 3. The topological polar surface area (TPSA) is 110 Å². The first kappa shape index (κ1) is 30.2. The molecule has 1 amide bonds. The lowest BCUT2D eigenvalue weighted by Gasteiger charge is -2.27. The standard InChI is InChI=1S/C34H33F2N5O4/c1-40-19-38-27-17-24(31(42)18-30(27)40)23-5-4-14-41-28(23)11-12-29(41)34(44)20-15-25(35)33(26(36)16-20)39-32(43)6-3-13-37-21-7-9-22(45-2)10-8-21/h3-6,11-12,14-19,21-22,37,42H,7-10,13H2,1-2H3,(H,39,43)/b6-3+. The van der Waals surface area contributed by atoms with Crippen LogP contribution in [0.25, 0.3) is 27.7 Å². The normalized spacial score (nSPS) is 17.0. The molecule has 5 aromatic rings. The van der Waals surface area contributed by atoms with Crippen molar-refractivity contribution in [2.75, 3.05) is 19.0 Å². The summed E-state index contributed by atoms with van der Waals surface area (Å²) in [5.74, 6) is -3.38. The van der Waals surface area contributed by atoms with E-state index in [9.17, 15) is 14.7 Å². The Hall–Kier alpha value is -4.87. The Labute approximate surface area is 258 Å². The van der Waals surface area contributed by atoms with Gasteiger partial charge in [-0.25, -0.2) is 13.8 Å². The van der Waals surface area contributed by atoms with Crippen LogP contribution in [0.3, 0.4) is 0 Å². The van der Waals surface area contributed by atoms with Gasteiger partial charge in [0.25, 0.3) is 0 Å². The summed E-state index contributed by atoms with van der Waals surface area (Å²) in [7, 11) is 3.55. The average Bonchev–Trinajstić information content (AvgIpc) is 3.63. The Morgan fingerprint density at radius 2 is 1.80 bits per heavy atom. The number of phenols is 1. The number of hydrogen-bond acceptors (Lipinski definition) is 6. The van der Waals surface area contributed by atoms with Gasteiger partial charge in [-0.2, -0.15) is 0 Å². The van der Waals surface area contributed by atoms with E-state index < -0.39 is 29.0 Å². The maximum Gasteiger partial charge on any atom is 0.248 e. The van der Waals surface area contributed by atoms with E-state index >= 15 is 8.78 Å². The Morgan fingerprint density at radius 3 is 2.53 bits per heavy atom. The monoisotopic (exact) mass is 613 g/mol. The average molecular weight is 614 g/mol. The molecular weight excluding hydrogens is 580 g/mol. The number of nitrogens with zero attached hydrogens (tertiary/aromatic N) is 3. The number of fused-ring (bicyclic) bond motifs is 2. The highest BCUT2D eigenvalue weighted by atomic mass is 19.1. The molecule has 0 saturated heterocycles. The first-order valence-electron chi connectivity index (χ1n) is 14.8. The summed E-state index contributed by atoms with van der Waals surface area (Å²) in [6, 6.07) is 12.3. The number of anilines is 1. The third-order valence-electron chi connectivity index (χ3n) is 8.41. The van der Waals surface area contributed by atoms with Crippen molar-refractivity contribution in [1.29, 1.82) is 0 Å². The van der Waals surface area contributed by atoms with E-state index in [1.165, 1.54) is 6.08 Å². The molecule has 3 heterocycles. The lowest BCUT2D eigenvalue weighted by Crippen LogP contribution is -2.35. The molecule has 0 radical (unpaired) electrons. The van der Waals surface area contributed by atoms with E-state index in [1.807, 2.05) is 13.1 Å². The fourth-order valence-electron chi connectivity index (χ4n) is 5.97. The number of ether oxygens (including phenoxy) is 1. The Kier molecular flexibility index (Phi) is 8.46. The third-order valence-corrected chi connectivity index (χ3v) is 8.41. The quantitative estimate of drug-likeness (QED) is 0.144. The number of hydrogen-bond donors (Lipinski definition) is 3. The van der Waals surface area contributed by atoms with E-state index in [0.717, 1.165) is 43.3 Å². The number of ketones is 1. The van der Waals surface area contributed by atoms with E-state index in [2.05, 4.69) is 15.6 Å². The predicted octanol–water partition coefficient (Wildman–Crippen LogP) is 5.75. The van der Waals surface area contributed by atoms with Crippen LogP contribution in [0.2, 0.25) is 0 Å². The van der Waals surface area contributed by atoms with Gasteiger partial charge in [0, 0.05) is 61.8 Å². The van der Waals surface area contributed by atoms with Crippen molar-refractivity contribution < 1.29 is 28.2 Å². The van der Waals surface area contributed by atoms with E-state index in [4.69, 9.17) is 4.74 Å². The summed E-state index contributed by atoms with van der Waals surface area (Å²) in [5.41, 5.74) is 2.58. The molecule has 1 aliphatic carbocycles. The zero-order valence-electron chi connectivity index (χ0n) is 24.9. The van der Waals surface area contributed by atoms with Crippen molar-refractivity contribution in [3.63, 3.8) is 0 Å². The summed E-state index contributed by atoms with van der Waals surface area (Å²) in [6.45, 7) is 0.443. The van der Waals surface area contributed by atoms with Crippen LogP contribution in [0.15, 0.2) is 73.2 Å². The van der Waals surface area contributed by atoms with Gasteiger partial charge in [0.2, 0.25) is 11.7 Å². The van der Waals surface area contributed by atoms with Gasteiger partial charge in [0.15, 0.2) is 0 Å². The van der Waals surface area contributed by atoms with E-state index in [-0.39, 0.29) is 17.0 Å². The van der Waals surface area contributed by atoms with Gasteiger partial charge in [-0.1, -0.05) is 12.1 Å². The van der Waals surface area contributed by atoms with Gasteiger partial charge in [-0.15, -0.1) is 0 Å². The van der Waals surface area contributed by atoms with Gasteiger partial charge >= 0.3 is 0 Å². The van der Waals surface area contributed by atoms with Crippen molar-refractivity contribution in [3.8, 4) is 16.9 Å². The number of amides is 1. The Balaban J connectivity index is 1.16. The van der Waals surface area contributed by atoms with Crippen molar-refractivity contribution in [2.45, 2.75) is 37.8 Å². The highest BCUT2D eigenvalue weighted by molar-refractivity contribution is 6.09. The summed E-state index contributed by atoms with van der Waals surface area (Å²) in [4.78, 5) is 30.2. The highest BCUT2D eigenvalue weighted by Crippen LogP contribution is 2.36. The minimum atomic E-state index is -1.07. The van der Waals surface area contributed by atoms with Crippen LogP contribution in [-0.2, 0) is 16.6 Å². The van der Waals surface area contributed by atoms with Crippen LogP contribution < -0.4 is 10.6 Å². The van der Waals surface area contributed by atoms with Crippen LogP contribution in [-0.4, -0.2) is 56.5 Å². The van der Waals surface area contributed by atoms with Crippen LogP contribution in [0.1, 0.15) is 41.7 Å². The molecule has 1 aliphatic rings. The number of benzene rings is 2. The number of phenolic OH excluding ortho intramolecular Hbond substituents is 1. The van der Waals surface area contributed by atoms with Gasteiger partial charge < -0.3 is 29.4 Å². The maximum atomic E-state index is 15.0. The number of aryl methyl sites for hydroxylation is 1. The number of halogens is 2. The molecule has 11 heteroatoms. The molecule has 1 saturated carbocycles. The minimum Gasteiger partial charge on any atom is -0.507 e. The maximum absolute atomic E-state index is 15.0. The number of methoxy groups -OCH3 is 1. The first-order valence-corrected chi connectivity index (χ1v) is 14.8. The number of aromatic hydroxyl groups is 1. The third kappa shape index (κ3) is 6.09. The Morgan fingerprint density at radius 1 is 1.04 bits per heavy atom. The SMILES string of the molecule is COC1CCC(NC/C=C/C(=O)Nc2c(F)cc(C(=O)c3ccc4c(-c5cc6ncn(C)c6cc5O)cccn34)cc2F)CC1. The van der Waals surface area contributed by atoms with Gasteiger partial charge in [0.05, 0.1) is 34.7 Å². The first-order chi connectivity index (χ1) is 21.7. The van der Waals surface area contributed by atoms with Crippen LogP contribution in [0, 0.1) is 11.6 Å². The number of pyridine rings is 1. The predicted molar refractivity (Wildman–Crippen MR) is 167 cm³/mol. The Bertz CT molecular complexity index is 1910. The molecule has 232 valence electrons. The summed E-state index contributed by atoms with van der Waals surface area (Å²) < 4.78 is 38.9. The molecule has 0 bridgehead atoms. The fourth-order valence-corrected chi connectivity index (χ4v) is 5.97. The molecule has 3 aromatic heterocycles. The van der Waals surface area contributed by atoms with E-state index in [0.29, 0.717) is 40.9 Å². The summed E-state index contributed by atoms with van der Waals surface area (Å²) in [6.07, 6.45) is 10.3. The molecule has 9 nitrogen and oxygen atoms in total. The van der Waals surface area contributed by atoms with Crippen molar-refractivity contribution in [3.05, 3.63) is 96.1 Å². The van der Waals surface area contributed by atoms with Crippen LogP contribution >= 0.6 is 0 Å². The second-order valence-electron chi connectivity index (χ2n) is 11.3. The molecule has 3 N–H and O–H groups in total. The van der Waals surface area contributed by atoms with Gasteiger partial charge in [0.1, 0.15) is 23.1 Å². The highest BCUT2D eigenvalue weighted by Gasteiger charge is 2.22. The molecule has 0 aliphatic heterocycles. The van der Waals surface area contributed by atoms with Crippen molar-refractivity contribution in [1.82, 2.24) is 19.3 Å². The largest absolute Gasteiger partial charge is 0.507 e. The molecule has 2 aromatic carbocycles. The fraction of sp³-hybridized carbons (Fsp3) is 0.265. The van der Waals surface area contributed by atoms with Crippen molar-refractivity contribution >= 4 is 33.9 Å². The lowest BCUT2D eigenvalue weighted by molar-refractivity contribution is -0.112. The van der Waals surface area contributed by atoms with E-state index in [1.54, 1.807) is 65.0 Å². The summed E-state index contributed by atoms with van der Waals surface area (Å²) in [5, 5.41) is 16.4. The number of carbonyl (C=O) groups excluding carboxylic acids is 2. The number of rotatable bonds is 9. The zero-order chi connectivity index (χ0) is 31.7. The smallest absolute Gasteiger partial charge is 0.248 e. The van der Waals surface area contributed by atoms with Gasteiger partial charge in [-0.05, 0) is 62.1 Å². The van der Waals surface area contributed by atoms with Gasteiger partial charge in [-0.3, -0.25) is 9.59 Å². The molecule has 0 atom stereocenters. The summed E-state index contributed by atoms with van der Waals surface area (Å²) >= 11 is 0. The minimum absolute atomic E-state index is 0.0472. The number of nitrogens with one attached hydrogen (secondary N) is 2. The molecule has 45 heavy (non-hydrogen) atoms. The zero-order valence-corrected chi connectivity index (χ0v) is 24.9. The number of carbonyl (C=O) groups is 2. The van der Waals surface area contributed by atoms with Crippen LogP contribution in [0.4, 0.5) is 14.5 Å². The van der Waals surface area contributed by atoms with Crippen molar-refractivity contribution in [2.24, 2.45) is 7.05 Å². The second-order valence-corrected chi connectivity index (χ2v) is 11.3.